The van der Waals surface area contributed by atoms with Crippen molar-refractivity contribution in [1.29, 1.82) is 0 Å². The van der Waals surface area contributed by atoms with Crippen LogP contribution in [0.2, 0.25) is 0 Å². The van der Waals surface area contributed by atoms with E-state index in [1.165, 1.54) is 12.1 Å². The van der Waals surface area contributed by atoms with Crippen LogP contribution in [0, 0.1) is 5.82 Å². The van der Waals surface area contributed by atoms with Crippen molar-refractivity contribution in [1.82, 2.24) is 9.97 Å². The molecule has 0 amide bonds. The molecule has 13 heavy (non-hydrogen) atoms. The number of hydrogen-bond donors (Lipinski definition) is 2. The van der Waals surface area contributed by atoms with Crippen LogP contribution >= 0.6 is 0 Å². The van der Waals surface area contributed by atoms with Gasteiger partial charge in [0.1, 0.15) is 5.52 Å². The van der Waals surface area contributed by atoms with Crippen molar-refractivity contribution in [2.45, 2.75) is 5.16 Å². The highest BCUT2D eigenvalue weighted by Crippen LogP contribution is 2.15. The lowest BCUT2D eigenvalue weighted by atomic mass is 10.3. The first kappa shape index (κ1) is 8.33. The normalized spacial score (nSPS) is 13.4. The summed E-state index contributed by atoms with van der Waals surface area (Å²) in [7, 11) is 0. The van der Waals surface area contributed by atoms with E-state index in [9.17, 15) is 8.60 Å². The van der Waals surface area contributed by atoms with Crippen LogP contribution in [0.1, 0.15) is 0 Å². The Hall–Kier alpha value is -1.27. The fraction of sp³-hybridized carbons (Fsp3) is 0. The first-order chi connectivity index (χ1) is 6.18. The van der Waals surface area contributed by atoms with E-state index in [4.69, 9.17) is 4.55 Å². The average Bonchev–Trinajstić information content (AvgIpc) is 2.49. The first-order valence-corrected chi connectivity index (χ1v) is 4.54. The van der Waals surface area contributed by atoms with Gasteiger partial charge in [-0.2, -0.15) is 0 Å². The zero-order valence-electron chi connectivity index (χ0n) is 6.32. The molecule has 1 unspecified atom stereocenters. The molecule has 0 saturated heterocycles. The smallest absolute Gasteiger partial charge is 0.225 e. The van der Waals surface area contributed by atoms with Crippen LogP contribution in [-0.4, -0.2) is 18.7 Å². The van der Waals surface area contributed by atoms with E-state index in [1.807, 2.05) is 0 Å². The molecule has 0 aliphatic heterocycles. The second-order valence-corrected chi connectivity index (χ2v) is 3.31. The molecule has 0 aliphatic carbocycles. The number of nitrogens with zero attached hydrogens (tertiary/aromatic N) is 1. The highest BCUT2D eigenvalue weighted by Gasteiger charge is 2.09. The monoisotopic (exact) mass is 200 g/mol. The predicted molar refractivity (Wildman–Crippen MR) is 45.1 cm³/mol. The van der Waals surface area contributed by atoms with Gasteiger partial charge in [-0.15, -0.1) is 0 Å². The van der Waals surface area contributed by atoms with Crippen molar-refractivity contribution in [3.63, 3.8) is 0 Å². The van der Waals surface area contributed by atoms with Gasteiger partial charge < -0.3 is 4.98 Å². The molecule has 1 heterocycles. The molecule has 68 valence electrons. The highest BCUT2D eigenvalue weighted by molar-refractivity contribution is 7.79. The Morgan fingerprint density at radius 1 is 1.54 bits per heavy atom. The standard InChI is InChI=1S/C7H5FN2O2S/c8-4-2-1-3-5-6(4)10-7(9-5)13(11)12/h1-3H,(H,9,10)(H,11,12). The minimum atomic E-state index is -2.20. The van der Waals surface area contributed by atoms with Crippen LogP contribution in [0.3, 0.4) is 0 Å². The number of nitrogens with one attached hydrogen (secondary N) is 1. The van der Waals surface area contributed by atoms with Crippen LogP contribution in [0.15, 0.2) is 23.4 Å². The molecule has 4 nitrogen and oxygen atoms in total. The molecular weight excluding hydrogens is 195 g/mol. The lowest BCUT2D eigenvalue weighted by Crippen LogP contribution is -1.89. The molecule has 2 N–H and O–H groups in total. The van der Waals surface area contributed by atoms with Crippen molar-refractivity contribution >= 4 is 22.1 Å². The Morgan fingerprint density at radius 2 is 2.31 bits per heavy atom. The van der Waals surface area contributed by atoms with Gasteiger partial charge in [0, 0.05) is 0 Å². The van der Waals surface area contributed by atoms with Crippen LogP contribution in [-0.2, 0) is 11.1 Å². The van der Waals surface area contributed by atoms with Crippen LogP contribution in [0.5, 0.6) is 0 Å². The van der Waals surface area contributed by atoms with E-state index in [1.54, 1.807) is 6.07 Å². The van der Waals surface area contributed by atoms with Crippen molar-refractivity contribution in [3.8, 4) is 0 Å². The van der Waals surface area contributed by atoms with E-state index >= 15 is 0 Å². The second kappa shape index (κ2) is 2.90. The maximum atomic E-state index is 13.0. The molecule has 0 bridgehead atoms. The number of para-hydroxylation sites is 1. The number of halogens is 1. The third-order valence-corrected chi connectivity index (χ3v) is 2.13. The molecule has 0 saturated carbocycles. The zero-order valence-corrected chi connectivity index (χ0v) is 7.14. The Bertz CT molecular complexity index is 482. The minimum absolute atomic E-state index is 0.0832. The summed E-state index contributed by atoms with van der Waals surface area (Å²) in [5.74, 6) is -0.509. The maximum Gasteiger partial charge on any atom is 0.225 e. The summed E-state index contributed by atoms with van der Waals surface area (Å²) in [4.78, 5) is 6.17. The Morgan fingerprint density at radius 3 is 2.92 bits per heavy atom. The third-order valence-electron chi connectivity index (χ3n) is 1.61. The van der Waals surface area contributed by atoms with Crippen molar-refractivity contribution in [2.75, 3.05) is 0 Å². The molecular formula is C7H5FN2O2S. The molecule has 0 fully saturated rings. The van der Waals surface area contributed by atoms with Crippen molar-refractivity contribution < 1.29 is 13.2 Å². The molecule has 0 aliphatic rings. The summed E-state index contributed by atoms with van der Waals surface area (Å²) in [6, 6.07) is 4.33. The lowest BCUT2D eigenvalue weighted by Gasteiger charge is -1.86. The Kier molecular flexibility index (Phi) is 1.86. The summed E-state index contributed by atoms with van der Waals surface area (Å²) in [6.07, 6.45) is 0. The quantitative estimate of drug-likeness (QED) is 0.681. The van der Waals surface area contributed by atoms with Crippen LogP contribution in [0.4, 0.5) is 4.39 Å². The van der Waals surface area contributed by atoms with Gasteiger partial charge in [-0.25, -0.2) is 13.6 Å². The SMILES string of the molecule is O=S(O)c1nc2c(F)cccc2[nH]1. The van der Waals surface area contributed by atoms with E-state index in [0.29, 0.717) is 5.52 Å². The van der Waals surface area contributed by atoms with E-state index in [2.05, 4.69) is 9.97 Å². The second-order valence-electron chi connectivity index (χ2n) is 2.43. The molecule has 1 aromatic carbocycles. The summed E-state index contributed by atoms with van der Waals surface area (Å²) in [5, 5.41) is -0.139. The van der Waals surface area contributed by atoms with E-state index in [-0.39, 0.29) is 10.7 Å². The maximum absolute atomic E-state index is 13.0. The molecule has 2 aromatic rings. The van der Waals surface area contributed by atoms with Gasteiger partial charge in [-0.3, -0.25) is 4.55 Å². The minimum Gasteiger partial charge on any atom is -0.329 e. The van der Waals surface area contributed by atoms with Gasteiger partial charge in [0.2, 0.25) is 16.2 Å². The summed E-state index contributed by atoms with van der Waals surface area (Å²) in [6.45, 7) is 0. The largest absolute Gasteiger partial charge is 0.329 e. The molecule has 0 spiro atoms. The number of fused-ring (bicyclic) bond motifs is 1. The predicted octanol–water partition coefficient (Wildman–Crippen LogP) is 1.28. The number of aromatic amines is 1. The molecule has 6 heteroatoms. The summed E-state index contributed by atoms with van der Waals surface area (Å²) in [5.41, 5.74) is 0.498. The van der Waals surface area contributed by atoms with Gasteiger partial charge in [-0.1, -0.05) is 6.07 Å². The van der Waals surface area contributed by atoms with Crippen molar-refractivity contribution in [3.05, 3.63) is 24.0 Å². The number of aromatic nitrogens is 2. The first-order valence-electron chi connectivity index (χ1n) is 3.43. The molecule has 1 atom stereocenters. The third kappa shape index (κ3) is 1.34. The number of H-pyrrole nitrogens is 1. The Balaban J connectivity index is 2.75. The van der Waals surface area contributed by atoms with E-state index < -0.39 is 16.9 Å². The average molecular weight is 200 g/mol. The Labute approximate surface area is 75.1 Å². The summed E-state index contributed by atoms with van der Waals surface area (Å²) < 4.78 is 32.2. The number of hydrogen-bond acceptors (Lipinski definition) is 2. The van der Waals surface area contributed by atoms with Gasteiger partial charge in [0.25, 0.3) is 0 Å². The van der Waals surface area contributed by atoms with Gasteiger partial charge in [0.05, 0.1) is 5.52 Å². The fourth-order valence-corrected chi connectivity index (χ4v) is 1.42. The lowest BCUT2D eigenvalue weighted by molar-refractivity contribution is 0.557. The van der Waals surface area contributed by atoms with Crippen LogP contribution < -0.4 is 0 Å². The molecule has 2 rings (SSSR count). The number of benzene rings is 1. The zero-order chi connectivity index (χ0) is 9.42. The van der Waals surface area contributed by atoms with E-state index in [0.717, 1.165) is 0 Å². The molecule has 1 aromatic heterocycles. The highest BCUT2D eigenvalue weighted by atomic mass is 32.2. The van der Waals surface area contributed by atoms with Gasteiger partial charge in [0.15, 0.2) is 5.82 Å². The van der Waals surface area contributed by atoms with Crippen LogP contribution in [0.25, 0.3) is 11.0 Å². The van der Waals surface area contributed by atoms with Crippen molar-refractivity contribution in [2.24, 2.45) is 0 Å². The summed E-state index contributed by atoms with van der Waals surface area (Å²) >= 11 is -2.20. The number of imidazole rings is 1. The number of rotatable bonds is 1. The topological polar surface area (TPSA) is 66.0 Å². The fourth-order valence-electron chi connectivity index (χ4n) is 1.06. The molecule has 0 radical (unpaired) electrons. The van der Waals surface area contributed by atoms with Gasteiger partial charge in [-0.05, 0) is 12.1 Å². The van der Waals surface area contributed by atoms with Gasteiger partial charge >= 0.3 is 0 Å².